The summed E-state index contributed by atoms with van der Waals surface area (Å²) in [5, 5.41) is 9.00. The molecule has 1 aliphatic rings. The summed E-state index contributed by atoms with van der Waals surface area (Å²) in [6.07, 6.45) is 4.51. The Morgan fingerprint density at radius 1 is 1.27 bits per heavy atom. The minimum atomic E-state index is 0. The topological polar surface area (TPSA) is 48.9 Å². The first-order chi connectivity index (χ1) is 12.3. The van der Waals surface area contributed by atoms with E-state index in [-0.39, 0.29) is 24.0 Å². The van der Waals surface area contributed by atoms with Gasteiger partial charge >= 0.3 is 0 Å². The summed E-state index contributed by atoms with van der Waals surface area (Å²) < 4.78 is 5.58. The number of ether oxygens (including phenoxy) is 1. The smallest absolute Gasteiger partial charge is 0.191 e. The number of aliphatic imine (C=N–C) groups is 1. The molecule has 0 fully saturated rings. The largest absolute Gasteiger partial charge is 0.381 e. The summed E-state index contributed by atoms with van der Waals surface area (Å²) >= 11 is 1.90. The van der Waals surface area contributed by atoms with Crippen molar-refractivity contribution in [2.45, 2.75) is 46.1 Å². The van der Waals surface area contributed by atoms with Gasteiger partial charge < -0.3 is 15.4 Å². The minimum absolute atomic E-state index is 0. The van der Waals surface area contributed by atoms with Crippen LogP contribution in [-0.2, 0) is 17.7 Å². The molecule has 2 N–H and O–H groups in total. The van der Waals surface area contributed by atoms with Crippen molar-refractivity contribution in [2.24, 2.45) is 4.99 Å². The van der Waals surface area contributed by atoms with E-state index < -0.39 is 0 Å². The van der Waals surface area contributed by atoms with Crippen LogP contribution in [0.2, 0.25) is 0 Å². The molecule has 0 amide bonds. The molecule has 0 bridgehead atoms. The maximum Gasteiger partial charge on any atom is 0.191 e. The number of fused-ring (bicyclic) bond motifs is 1. The Balaban J connectivity index is 0.00000338. The first kappa shape index (κ1) is 23.7. The van der Waals surface area contributed by atoms with Crippen LogP contribution in [0.5, 0.6) is 0 Å². The first-order valence-corrected chi connectivity index (χ1v) is 10.6. The van der Waals surface area contributed by atoms with E-state index in [1.54, 1.807) is 4.88 Å². The van der Waals surface area contributed by atoms with Crippen LogP contribution in [0.15, 0.2) is 16.4 Å². The zero-order valence-electron chi connectivity index (χ0n) is 16.3. The Bertz CT molecular complexity index is 509. The van der Waals surface area contributed by atoms with Crippen LogP contribution in [0.4, 0.5) is 0 Å². The van der Waals surface area contributed by atoms with Gasteiger partial charge in [-0.05, 0) is 43.2 Å². The summed E-state index contributed by atoms with van der Waals surface area (Å²) in [6.45, 7) is 11.9. The SMILES string of the molecule is CCCCOCCCN=C(NCC)NCCN1CCc2sccc2C1.I. The van der Waals surface area contributed by atoms with Crippen molar-refractivity contribution in [3.8, 4) is 0 Å². The molecule has 0 saturated heterocycles. The molecule has 1 aliphatic heterocycles. The second-order valence-electron chi connectivity index (χ2n) is 6.40. The van der Waals surface area contributed by atoms with E-state index in [2.05, 4.69) is 45.8 Å². The Morgan fingerprint density at radius 3 is 2.92 bits per heavy atom. The molecule has 150 valence electrons. The lowest BCUT2D eigenvalue weighted by Crippen LogP contribution is -2.42. The van der Waals surface area contributed by atoms with Gasteiger partial charge in [0.05, 0.1) is 0 Å². The fourth-order valence-electron chi connectivity index (χ4n) is 2.88. The molecular formula is C19H35IN4OS. The zero-order valence-corrected chi connectivity index (χ0v) is 19.4. The monoisotopic (exact) mass is 494 g/mol. The Morgan fingerprint density at radius 2 is 2.12 bits per heavy atom. The summed E-state index contributed by atoms with van der Waals surface area (Å²) in [5.74, 6) is 0.921. The lowest BCUT2D eigenvalue weighted by atomic mass is 10.1. The molecule has 0 radical (unpaired) electrons. The lowest BCUT2D eigenvalue weighted by Gasteiger charge is -2.27. The van der Waals surface area contributed by atoms with Crippen LogP contribution in [0.3, 0.4) is 0 Å². The van der Waals surface area contributed by atoms with Crippen LogP contribution in [0, 0.1) is 0 Å². The van der Waals surface area contributed by atoms with Crippen LogP contribution in [0.25, 0.3) is 0 Å². The molecule has 0 atom stereocenters. The molecule has 7 heteroatoms. The van der Waals surface area contributed by atoms with Crippen LogP contribution in [-0.4, -0.2) is 56.8 Å². The predicted octanol–water partition coefficient (Wildman–Crippen LogP) is 3.49. The van der Waals surface area contributed by atoms with E-state index >= 15 is 0 Å². The van der Waals surface area contributed by atoms with Crippen LogP contribution in [0.1, 0.15) is 43.6 Å². The van der Waals surface area contributed by atoms with Gasteiger partial charge in [0.2, 0.25) is 0 Å². The van der Waals surface area contributed by atoms with E-state index in [1.165, 1.54) is 18.4 Å². The van der Waals surface area contributed by atoms with E-state index in [9.17, 15) is 0 Å². The van der Waals surface area contributed by atoms with Gasteiger partial charge in [0.25, 0.3) is 0 Å². The number of thiophene rings is 1. The molecule has 0 spiro atoms. The van der Waals surface area contributed by atoms with Gasteiger partial charge in [-0.15, -0.1) is 35.3 Å². The molecule has 0 unspecified atom stereocenters. The minimum Gasteiger partial charge on any atom is -0.381 e. The summed E-state index contributed by atoms with van der Waals surface area (Å²) in [7, 11) is 0. The molecule has 1 aromatic rings. The number of nitrogens with zero attached hydrogens (tertiary/aromatic N) is 2. The Labute approximate surface area is 180 Å². The average molecular weight is 494 g/mol. The summed E-state index contributed by atoms with van der Waals surface area (Å²) in [4.78, 5) is 8.73. The van der Waals surface area contributed by atoms with E-state index in [0.29, 0.717) is 0 Å². The number of hydrogen-bond acceptors (Lipinski definition) is 4. The fraction of sp³-hybridized carbons (Fsp3) is 0.737. The highest BCUT2D eigenvalue weighted by molar-refractivity contribution is 14.0. The van der Waals surface area contributed by atoms with Crippen molar-refractivity contribution in [3.05, 3.63) is 21.9 Å². The number of hydrogen-bond donors (Lipinski definition) is 2. The highest BCUT2D eigenvalue weighted by Gasteiger charge is 2.16. The van der Waals surface area contributed by atoms with Gasteiger partial charge in [-0.3, -0.25) is 9.89 Å². The fourth-order valence-corrected chi connectivity index (χ4v) is 3.77. The molecule has 1 aromatic heterocycles. The molecule has 2 rings (SSSR count). The molecule has 0 aliphatic carbocycles. The quantitative estimate of drug-likeness (QED) is 0.214. The summed E-state index contributed by atoms with van der Waals surface area (Å²) in [5.41, 5.74) is 1.51. The van der Waals surface area contributed by atoms with E-state index in [1.807, 2.05) is 11.3 Å². The van der Waals surface area contributed by atoms with Crippen molar-refractivity contribution < 1.29 is 4.74 Å². The normalized spacial score (nSPS) is 14.6. The standard InChI is InChI=1S/C19H34N4OS.HI/c1-3-5-13-24-14-6-9-21-19(20-4-2)22-10-12-23-11-7-18-17(16-23)8-15-25-18;/h8,15H,3-7,9-14,16H2,1-2H3,(H2,20,21,22);1H. The van der Waals surface area contributed by atoms with Crippen LogP contribution >= 0.6 is 35.3 Å². The van der Waals surface area contributed by atoms with Gasteiger partial charge in [0.1, 0.15) is 0 Å². The number of guanidine groups is 1. The number of nitrogens with one attached hydrogen (secondary N) is 2. The van der Waals surface area contributed by atoms with Gasteiger partial charge in [0, 0.05) is 57.4 Å². The molecular weight excluding hydrogens is 459 g/mol. The lowest BCUT2D eigenvalue weighted by molar-refractivity contribution is 0.130. The van der Waals surface area contributed by atoms with Gasteiger partial charge in [-0.25, -0.2) is 0 Å². The first-order valence-electron chi connectivity index (χ1n) is 9.71. The highest BCUT2D eigenvalue weighted by atomic mass is 127. The van der Waals surface area contributed by atoms with Gasteiger partial charge in [0.15, 0.2) is 5.96 Å². The third-order valence-corrected chi connectivity index (χ3v) is 5.33. The van der Waals surface area contributed by atoms with Crippen molar-refractivity contribution in [3.63, 3.8) is 0 Å². The maximum absolute atomic E-state index is 5.58. The zero-order chi connectivity index (χ0) is 17.7. The predicted molar refractivity (Wildman–Crippen MR) is 123 cm³/mol. The average Bonchev–Trinajstić information content (AvgIpc) is 3.08. The number of unbranched alkanes of at least 4 members (excludes halogenated alkanes) is 1. The van der Waals surface area contributed by atoms with Crippen molar-refractivity contribution in [1.29, 1.82) is 0 Å². The van der Waals surface area contributed by atoms with Crippen molar-refractivity contribution in [2.75, 3.05) is 45.9 Å². The van der Waals surface area contributed by atoms with Crippen molar-refractivity contribution in [1.82, 2.24) is 15.5 Å². The Hall–Kier alpha value is -0.380. The molecule has 5 nitrogen and oxygen atoms in total. The molecule has 0 saturated carbocycles. The maximum atomic E-state index is 5.58. The molecule has 26 heavy (non-hydrogen) atoms. The van der Waals surface area contributed by atoms with Gasteiger partial charge in [-0.2, -0.15) is 0 Å². The molecule has 0 aromatic carbocycles. The number of halogens is 1. The summed E-state index contributed by atoms with van der Waals surface area (Å²) in [6, 6.07) is 2.27. The van der Waals surface area contributed by atoms with Crippen molar-refractivity contribution >= 4 is 41.3 Å². The second kappa shape index (κ2) is 14.6. The highest BCUT2D eigenvalue weighted by Crippen LogP contribution is 2.23. The second-order valence-corrected chi connectivity index (χ2v) is 7.40. The third kappa shape index (κ3) is 9.01. The number of rotatable bonds is 11. The van der Waals surface area contributed by atoms with E-state index in [4.69, 9.17) is 4.74 Å². The Kier molecular flexibility index (Phi) is 13.3. The third-order valence-electron chi connectivity index (χ3n) is 4.31. The van der Waals surface area contributed by atoms with Crippen LogP contribution < -0.4 is 10.6 Å². The molecule has 2 heterocycles. The van der Waals surface area contributed by atoms with Gasteiger partial charge in [-0.1, -0.05) is 13.3 Å². The van der Waals surface area contributed by atoms with E-state index in [0.717, 1.165) is 71.3 Å².